The normalized spacial score (nSPS) is 12.4. The van der Waals surface area contributed by atoms with Crippen LogP contribution in [0.5, 0.6) is 5.75 Å². The Balaban J connectivity index is 2.03. The van der Waals surface area contributed by atoms with E-state index in [4.69, 9.17) is 4.98 Å². The molecule has 2 aromatic carbocycles. The van der Waals surface area contributed by atoms with Crippen LogP contribution in [-0.4, -0.2) is 10.1 Å². The van der Waals surface area contributed by atoms with Gasteiger partial charge in [0.05, 0.1) is 11.2 Å². The number of hydrogen-bond donors (Lipinski definition) is 1. The number of rotatable bonds is 0. The van der Waals surface area contributed by atoms with Crippen molar-refractivity contribution in [3.05, 3.63) is 59.7 Å². The molecule has 0 atom stereocenters. The lowest BCUT2D eigenvalue weighted by atomic mass is 10.1. The Labute approximate surface area is 105 Å². The minimum Gasteiger partial charge on any atom is -0.508 e. The zero-order valence-corrected chi connectivity index (χ0v) is 9.72. The molecule has 1 aliphatic rings. The zero-order valence-electron chi connectivity index (χ0n) is 9.72. The second-order valence-corrected chi connectivity index (χ2v) is 4.71. The first-order valence-corrected chi connectivity index (χ1v) is 6.02. The van der Waals surface area contributed by atoms with Crippen LogP contribution in [0.3, 0.4) is 0 Å². The van der Waals surface area contributed by atoms with Crippen LogP contribution in [0.15, 0.2) is 48.5 Å². The van der Waals surface area contributed by atoms with Gasteiger partial charge in [-0.3, -0.25) is 0 Å². The lowest BCUT2D eigenvalue weighted by molar-refractivity contribution is 0.475. The summed E-state index contributed by atoms with van der Waals surface area (Å²) in [7, 11) is 0. The Morgan fingerprint density at radius 3 is 2.78 bits per heavy atom. The van der Waals surface area contributed by atoms with E-state index in [1.165, 1.54) is 10.9 Å². The molecule has 2 nitrogen and oxygen atoms in total. The molecule has 0 saturated carbocycles. The molecule has 4 rings (SSSR count). The van der Waals surface area contributed by atoms with Crippen LogP contribution >= 0.6 is 0 Å². The lowest BCUT2D eigenvalue weighted by Gasteiger charge is -2.03. The van der Waals surface area contributed by atoms with Crippen molar-refractivity contribution in [2.45, 2.75) is 6.42 Å². The van der Waals surface area contributed by atoms with Crippen LogP contribution in [-0.2, 0) is 6.42 Å². The number of hydrogen-bond acceptors (Lipinski definition) is 2. The van der Waals surface area contributed by atoms with Crippen LogP contribution in [0.1, 0.15) is 11.1 Å². The van der Waals surface area contributed by atoms with E-state index in [9.17, 15) is 5.11 Å². The van der Waals surface area contributed by atoms with E-state index in [1.807, 2.05) is 30.3 Å². The molecule has 1 aromatic heterocycles. The molecule has 86 valence electrons. The average molecular weight is 233 g/mol. The van der Waals surface area contributed by atoms with Gasteiger partial charge in [0.25, 0.3) is 0 Å². The standard InChI is InChI=1S/C16H11NO/c18-13-5-6-14-11(9-13)8-12-7-10-3-1-2-4-15(10)17-16(12)14/h1-7,9,18H,8H2. The Morgan fingerprint density at radius 2 is 1.83 bits per heavy atom. The third-order valence-electron chi connectivity index (χ3n) is 3.53. The van der Waals surface area contributed by atoms with Crippen molar-refractivity contribution in [3.63, 3.8) is 0 Å². The molecule has 0 saturated heterocycles. The molecular weight excluding hydrogens is 222 g/mol. The minimum atomic E-state index is 0.325. The molecule has 0 fully saturated rings. The molecule has 18 heavy (non-hydrogen) atoms. The van der Waals surface area contributed by atoms with Gasteiger partial charge in [-0.2, -0.15) is 0 Å². The van der Waals surface area contributed by atoms with Crippen LogP contribution in [0.4, 0.5) is 0 Å². The summed E-state index contributed by atoms with van der Waals surface area (Å²) in [6.07, 6.45) is 0.858. The number of aromatic nitrogens is 1. The molecule has 0 spiro atoms. The Bertz CT molecular complexity index is 777. The highest BCUT2D eigenvalue weighted by atomic mass is 16.3. The quantitative estimate of drug-likeness (QED) is 0.504. The molecular formula is C16H11NO. The molecule has 1 N–H and O–H groups in total. The molecule has 2 heteroatoms. The van der Waals surface area contributed by atoms with E-state index < -0.39 is 0 Å². The summed E-state index contributed by atoms with van der Waals surface area (Å²) in [6, 6.07) is 15.9. The minimum absolute atomic E-state index is 0.325. The number of pyridine rings is 1. The van der Waals surface area contributed by atoms with Gasteiger partial charge in [0.2, 0.25) is 0 Å². The molecule has 0 bridgehead atoms. The predicted molar refractivity (Wildman–Crippen MR) is 71.6 cm³/mol. The number of benzene rings is 2. The molecule has 0 aliphatic heterocycles. The van der Waals surface area contributed by atoms with Gasteiger partial charge in [-0.05, 0) is 41.5 Å². The van der Waals surface area contributed by atoms with Crippen LogP contribution in [0, 0.1) is 0 Å². The first-order chi connectivity index (χ1) is 8.81. The van der Waals surface area contributed by atoms with Crippen LogP contribution in [0.2, 0.25) is 0 Å². The van der Waals surface area contributed by atoms with Gasteiger partial charge in [-0.15, -0.1) is 0 Å². The average Bonchev–Trinajstić information content (AvgIpc) is 2.72. The molecule has 1 heterocycles. The molecule has 1 aliphatic carbocycles. The number of fused-ring (bicyclic) bond motifs is 4. The van der Waals surface area contributed by atoms with Gasteiger partial charge in [0, 0.05) is 17.4 Å². The highest BCUT2D eigenvalue weighted by Crippen LogP contribution is 2.38. The highest BCUT2D eigenvalue weighted by Gasteiger charge is 2.20. The van der Waals surface area contributed by atoms with Crippen molar-refractivity contribution in [3.8, 4) is 17.0 Å². The number of phenols is 1. The summed E-state index contributed by atoms with van der Waals surface area (Å²) in [6.45, 7) is 0. The Morgan fingerprint density at radius 1 is 0.944 bits per heavy atom. The summed E-state index contributed by atoms with van der Waals surface area (Å²) < 4.78 is 0. The lowest BCUT2D eigenvalue weighted by Crippen LogP contribution is -1.86. The molecule has 3 aromatic rings. The molecule has 0 amide bonds. The van der Waals surface area contributed by atoms with Crippen LogP contribution in [0.25, 0.3) is 22.2 Å². The SMILES string of the molecule is Oc1ccc2c(c1)Cc1cc3ccccc3nc1-2. The van der Waals surface area contributed by atoms with Gasteiger partial charge in [-0.1, -0.05) is 18.2 Å². The number of aromatic hydroxyl groups is 1. The highest BCUT2D eigenvalue weighted by molar-refractivity contribution is 5.86. The van der Waals surface area contributed by atoms with Crippen LogP contribution < -0.4 is 0 Å². The van der Waals surface area contributed by atoms with E-state index in [-0.39, 0.29) is 0 Å². The molecule has 0 radical (unpaired) electrons. The van der Waals surface area contributed by atoms with Crippen molar-refractivity contribution in [1.82, 2.24) is 4.98 Å². The Kier molecular flexibility index (Phi) is 1.78. The topological polar surface area (TPSA) is 33.1 Å². The predicted octanol–water partition coefficient (Wildman–Crippen LogP) is 3.51. The summed E-state index contributed by atoms with van der Waals surface area (Å²) >= 11 is 0. The van der Waals surface area contributed by atoms with Gasteiger partial charge in [0.15, 0.2) is 0 Å². The van der Waals surface area contributed by atoms with Crippen molar-refractivity contribution in [2.75, 3.05) is 0 Å². The molecule has 0 unspecified atom stereocenters. The first kappa shape index (κ1) is 9.66. The van der Waals surface area contributed by atoms with Crippen molar-refractivity contribution in [1.29, 1.82) is 0 Å². The largest absolute Gasteiger partial charge is 0.508 e. The third kappa shape index (κ3) is 1.26. The Hall–Kier alpha value is -2.35. The fourth-order valence-electron chi connectivity index (χ4n) is 2.69. The summed E-state index contributed by atoms with van der Waals surface area (Å²) in [5, 5.41) is 10.7. The third-order valence-corrected chi connectivity index (χ3v) is 3.53. The maximum absolute atomic E-state index is 9.54. The fourth-order valence-corrected chi connectivity index (χ4v) is 2.69. The second kappa shape index (κ2) is 3.33. The van der Waals surface area contributed by atoms with Gasteiger partial charge >= 0.3 is 0 Å². The first-order valence-electron chi connectivity index (χ1n) is 6.02. The summed E-state index contributed by atoms with van der Waals surface area (Å²) in [4.78, 5) is 4.75. The number of nitrogens with zero attached hydrogens (tertiary/aromatic N) is 1. The van der Waals surface area contributed by atoms with Gasteiger partial charge in [-0.25, -0.2) is 4.98 Å². The van der Waals surface area contributed by atoms with E-state index in [2.05, 4.69) is 12.1 Å². The fraction of sp³-hybridized carbons (Fsp3) is 0.0625. The van der Waals surface area contributed by atoms with Crippen molar-refractivity contribution >= 4 is 10.9 Å². The zero-order chi connectivity index (χ0) is 12.1. The summed E-state index contributed by atoms with van der Waals surface area (Å²) in [5.41, 5.74) is 5.64. The van der Waals surface area contributed by atoms with Gasteiger partial charge < -0.3 is 5.11 Å². The maximum Gasteiger partial charge on any atom is 0.115 e. The maximum atomic E-state index is 9.54. The van der Waals surface area contributed by atoms with E-state index in [0.29, 0.717) is 5.75 Å². The monoisotopic (exact) mass is 233 g/mol. The van der Waals surface area contributed by atoms with E-state index >= 15 is 0 Å². The van der Waals surface area contributed by atoms with E-state index in [1.54, 1.807) is 6.07 Å². The summed E-state index contributed by atoms with van der Waals surface area (Å²) in [5.74, 6) is 0.325. The van der Waals surface area contributed by atoms with Crippen molar-refractivity contribution < 1.29 is 5.11 Å². The smallest absolute Gasteiger partial charge is 0.115 e. The number of para-hydroxylation sites is 1. The van der Waals surface area contributed by atoms with Crippen molar-refractivity contribution in [2.24, 2.45) is 0 Å². The second-order valence-electron chi connectivity index (χ2n) is 4.71. The van der Waals surface area contributed by atoms with Gasteiger partial charge in [0.1, 0.15) is 5.75 Å². The van der Waals surface area contributed by atoms with E-state index in [0.717, 1.165) is 28.8 Å². The number of phenolic OH excluding ortho intramolecular Hbond substituents is 1.